The van der Waals surface area contributed by atoms with E-state index in [0.29, 0.717) is 32.7 Å². The van der Waals surface area contributed by atoms with Gasteiger partial charge < -0.3 is 4.90 Å². The normalized spacial score (nSPS) is 19.7. The molecule has 0 unspecified atom stereocenters. The SMILES string of the molecule is CN(Cc1c(F)cccc1Cl)S(=O)(=O)N1CCN(CC(=O)N2CCCCC2)CC1. The third kappa shape index (κ3) is 5.46. The summed E-state index contributed by atoms with van der Waals surface area (Å²) in [6, 6.07) is 4.29. The van der Waals surface area contributed by atoms with Crippen LogP contribution in [-0.4, -0.2) is 85.6 Å². The van der Waals surface area contributed by atoms with Crippen LogP contribution in [0.15, 0.2) is 18.2 Å². The van der Waals surface area contributed by atoms with Gasteiger partial charge in [-0.1, -0.05) is 17.7 Å². The van der Waals surface area contributed by atoms with E-state index < -0.39 is 16.0 Å². The molecule has 0 bridgehead atoms. The first-order valence-corrected chi connectivity index (χ1v) is 11.7. The number of rotatable bonds is 6. The highest BCUT2D eigenvalue weighted by Crippen LogP contribution is 2.22. The Bertz CT molecular complexity index is 804. The van der Waals surface area contributed by atoms with Crippen LogP contribution in [0.2, 0.25) is 5.02 Å². The maximum absolute atomic E-state index is 14.0. The summed E-state index contributed by atoms with van der Waals surface area (Å²) in [5.74, 6) is -0.409. The lowest BCUT2D eigenvalue weighted by Crippen LogP contribution is -2.54. The monoisotopic (exact) mass is 446 g/mol. The van der Waals surface area contributed by atoms with Gasteiger partial charge in [0.25, 0.3) is 10.2 Å². The van der Waals surface area contributed by atoms with Crippen molar-refractivity contribution >= 4 is 27.7 Å². The quantitative estimate of drug-likeness (QED) is 0.668. The number of halogens is 2. The van der Waals surface area contributed by atoms with Crippen LogP contribution < -0.4 is 0 Å². The van der Waals surface area contributed by atoms with E-state index in [-0.39, 0.29) is 23.0 Å². The Balaban J connectivity index is 1.54. The van der Waals surface area contributed by atoms with Gasteiger partial charge in [-0.25, -0.2) is 4.39 Å². The van der Waals surface area contributed by atoms with E-state index in [2.05, 4.69) is 0 Å². The largest absolute Gasteiger partial charge is 0.342 e. The van der Waals surface area contributed by atoms with Gasteiger partial charge in [0.15, 0.2) is 0 Å². The zero-order valence-electron chi connectivity index (χ0n) is 16.7. The predicted molar refractivity (Wildman–Crippen MR) is 110 cm³/mol. The summed E-state index contributed by atoms with van der Waals surface area (Å²) in [5, 5.41) is 0.202. The summed E-state index contributed by atoms with van der Waals surface area (Å²) in [6.45, 7) is 3.40. The van der Waals surface area contributed by atoms with Crippen molar-refractivity contribution in [3.8, 4) is 0 Å². The molecule has 0 aromatic heterocycles. The van der Waals surface area contributed by atoms with Crippen LogP contribution in [0.1, 0.15) is 24.8 Å². The first-order valence-electron chi connectivity index (χ1n) is 9.93. The van der Waals surface area contributed by atoms with Crippen molar-refractivity contribution in [3.63, 3.8) is 0 Å². The van der Waals surface area contributed by atoms with Crippen LogP contribution in [0.5, 0.6) is 0 Å². The van der Waals surface area contributed by atoms with Gasteiger partial charge in [0.05, 0.1) is 6.54 Å². The van der Waals surface area contributed by atoms with E-state index in [4.69, 9.17) is 11.6 Å². The molecule has 0 saturated carbocycles. The molecule has 0 radical (unpaired) electrons. The molecule has 2 saturated heterocycles. The maximum atomic E-state index is 14.0. The van der Waals surface area contributed by atoms with E-state index in [9.17, 15) is 17.6 Å². The molecule has 1 aromatic rings. The third-order valence-electron chi connectivity index (χ3n) is 5.56. The van der Waals surface area contributed by atoms with Crippen LogP contribution in [-0.2, 0) is 21.5 Å². The lowest BCUT2D eigenvalue weighted by molar-refractivity contribution is -0.133. The van der Waals surface area contributed by atoms with Crippen molar-refractivity contribution in [1.82, 2.24) is 18.4 Å². The summed E-state index contributed by atoms with van der Waals surface area (Å²) in [5.41, 5.74) is 0.158. The van der Waals surface area contributed by atoms with Crippen LogP contribution >= 0.6 is 11.6 Å². The first kappa shape index (κ1) is 22.4. The van der Waals surface area contributed by atoms with Crippen molar-refractivity contribution in [2.75, 3.05) is 52.9 Å². The van der Waals surface area contributed by atoms with Crippen molar-refractivity contribution < 1.29 is 17.6 Å². The molecule has 29 heavy (non-hydrogen) atoms. The number of likely N-dealkylation sites (tertiary alicyclic amines) is 1. The molecule has 2 fully saturated rings. The number of hydrogen-bond acceptors (Lipinski definition) is 4. The van der Waals surface area contributed by atoms with Crippen molar-refractivity contribution in [2.24, 2.45) is 0 Å². The third-order valence-corrected chi connectivity index (χ3v) is 7.85. The average molecular weight is 447 g/mol. The second-order valence-corrected chi connectivity index (χ2v) is 10.0. The Morgan fingerprint density at radius 3 is 2.38 bits per heavy atom. The van der Waals surface area contributed by atoms with Gasteiger partial charge in [0.2, 0.25) is 5.91 Å². The molecule has 2 aliphatic rings. The standard InChI is InChI=1S/C19H28ClFN4O3S/c1-22(14-16-17(20)6-5-7-18(16)21)29(27,28)25-12-10-23(11-13-25)15-19(26)24-8-3-2-4-9-24/h5-7H,2-4,8-15H2,1H3. The highest BCUT2D eigenvalue weighted by molar-refractivity contribution is 7.86. The van der Waals surface area contributed by atoms with E-state index in [1.54, 1.807) is 6.07 Å². The predicted octanol–water partition coefficient (Wildman–Crippen LogP) is 1.79. The highest BCUT2D eigenvalue weighted by Gasteiger charge is 2.32. The molecular formula is C19H28ClFN4O3S. The minimum atomic E-state index is -3.75. The van der Waals surface area contributed by atoms with Crippen LogP contribution in [0.25, 0.3) is 0 Å². The molecular weight excluding hydrogens is 419 g/mol. The van der Waals surface area contributed by atoms with E-state index in [0.717, 1.165) is 30.2 Å². The van der Waals surface area contributed by atoms with Crippen LogP contribution in [0, 0.1) is 5.82 Å². The Labute approximate surface area is 177 Å². The Kier molecular flexibility index (Phi) is 7.50. The minimum Gasteiger partial charge on any atom is -0.342 e. The molecule has 2 aliphatic heterocycles. The fourth-order valence-electron chi connectivity index (χ4n) is 3.74. The molecule has 2 heterocycles. The van der Waals surface area contributed by atoms with E-state index >= 15 is 0 Å². The molecule has 0 N–H and O–H groups in total. The number of piperazine rings is 1. The number of amides is 1. The van der Waals surface area contributed by atoms with Crippen molar-refractivity contribution in [2.45, 2.75) is 25.8 Å². The molecule has 7 nitrogen and oxygen atoms in total. The summed E-state index contributed by atoms with van der Waals surface area (Å²) < 4.78 is 42.3. The van der Waals surface area contributed by atoms with Crippen LogP contribution in [0.3, 0.4) is 0 Å². The molecule has 162 valence electrons. The second-order valence-electron chi connectivity index (χ2n) is 7.58. The molecule has 3 rings (SSSR count). The number of carbonyl (C=O) groups is 1. The summed E-state index contributed by atoms with van der Waals surface area (Å²) in [7, 11) is -2.33. The number of hydrogen-bond donors (Lipinski definition) is 0. The average Bonchev–Trinajstić information content (AvgIpc) is 2.71. The first-order chi connectivity index (χ1) is 13.8. The molecule has 0 spiro atoms. The van der Waals surface area contributed by atoms with Crippen molar-refractivity contribution in [3.05, 3.63) is 34.6 Å². The van der Waals surface area contributed by atoms with Gasteiger partial charge in [0, 0.05) is 63.4 Å². The lowest BCUT2D eigenvalue weighted by atomic mass is 10.1. The highest BCUT2D eigenvalue weighted by atomic mass is 35.5. The summed E-state index contributed by atoms with van der Waals surface area (Å²) in [6.07, 6.45) is 3.28. The fraction of sp³-hybridized carbons (Fsp3) is 0.632. The smallest absolute Gasteiger partial charge is 0.282 e. The second kappa shape index (κ2) is 9.70. The summed E-state index contributed by atoms with van der Waals surface area (Å²) >= 11 is 6.02. The number of nitrogens with zero attached hydrogens (tertiary/aromatic N) is 4. The Hall–Kier alpha value is -1.26. The van der Waals surface area contributed by atoms with Gasteiger partial charge in [0.1, 0.15) is 5.82 Å². The number of benzene rings is 1. The number of carbonyl (C=O) groups excluding carboxylic acids is 1. The fourth-order valence-corrected chi connectivity index (χ4v) is 5.27. The van der Waals surface area contributed by atoms with Gasteiger partial charge in [-0.15, -0.1) is 0 Å². The zero-order chi connectivity index (χ0) is 21.0. The lowest BCUT2D eigenvalue weighted by Gasteiger charge is -2.36. The Morgan fingerprint density at radius 1 is 1.10 bits per heavy atom. The minimum absolute atomic E-state index is 0.118. The van der Waals surface area contributed by atoms with Gasteiger partial charge in [-0.2, -0.15) is 17.0 Å². The van der Waals surface area contributed by atoms with E-state index in [1.165, 1.54) is 29.9 Å². The van der Waals surface area contributed by atoms with Crippen LogP contribution in [0.4, 0.5) is 4.39 Å². The Morgan fingerprint density at radius 2 is 1.76 bits per heavy atom. The molecule has 0 atom stereocenters. The van der Waals surface area contributed by atoms with Gasteiger partial charge >= 0.3 is 0 Å². The number of piperidine rings is 1. The van der Waals surface area contributed by atoms with Crippen molar-refractivity contribution in [1.29, 1.82) is 0 Å². The molecule has 1 amide bonds. The van der Waals surface area contributed by atoms with E-state index in [1.807, 2.05) is 9.80 Å². The molecule has 1 aromatic carbocycles. The van der Waals surface area contributed by atoms with Gasteiger partial charge in [-0.3, -0.25) is 9.69 Å². The topological polar surface area (TPSA) is 64.2 Å². The summed E-state index contributed by atoms with van der Waals surface area (Å²) in [4.78, 5) is 16.3. The van der Waals surface area contributed by atoms with Gasteiger partial charge in [-0.05, 0) is 31.4 Å². The maximum Gasteiger partial charge on any atom is 0.282 e. The molecule has 10 heteroatoms. The molecule has 0 aliphatic carbocycles. The zero-order valence-corrected chi connectivity index (χ0v) is 18.3.